The third kappa shape index (κ3) is 2.61. The highest BCUT2D eigenvalue weighted by molar-refractivity contribution is 6.15. The molecule has 30 heavy (non-hydrogen) atoms. The first-order chi connectivity index (χ1) is 14.5. The van der Waals surface area contributed by atoms with Gasteiger partial charge in [-0.1, -0.05) is 6.07 Å². The standard InChI is InChI=1S/C22H19N3O5/c1-10(2)29-15-7-4-11(8-16(15)28-3)17-13-9-23-25-22(13)24-18-12-5-6-14(26)19(27)20(12)30-21(17)18/h4-10,27H,1-3H3,(H2,23,24,25). The van der Waals surface area contributed by atoms with Crippen molar-refractivity contribution in [3.8, 4) is 28.4 Å². The van der Waals surface area contributed by atoms with Crippen LogP contribution in [0.4, 0.5) is 0 Å². The van der Waals surface area contributed by atoms with Crippen molar-refractivity contribution in [3.05, 3.63) is 46.8 Å². The van der Waals surface area contributed by atoms with Crippen molar-refractivity contribution in [1.29, 1.82) is 0 Å². The number of rotatable bonds is 4. The molecule has 5 rings (SSSR count). The maximum Gasteiger partial charge on any atom is 0.224 e. The van der Waals surface area contributed by atoms with Crippen molar-refractivity contribution in [2.24, 2.45) is 0 Å². The first-order valence-electron chi connectivity index (χ1n) is 9.47. The van der Waals surface area contributed by atoms with Crippen LogP contribution in [0.15, 0.2) is 45.7 Å². The van der Waals surface area contributed by atoms with Crippen molar-refractivity contribution < 1.29 is 19.0 Å². The van der Waals surface area contributed by atoms with Gasteiger partial charge in [-0.05, 0) is 43.7 Å². The van der Waals surface area contributed by atoms with Gasteiger partial charge in [-0.25, -0.2) is 4.98 Å². The van der Waals surface area contributed by atoms with Crippen molar-refractivity contribution in [1.82, 2.24) is 15.2 Å². The highest BCUT2D eigenvalue weighted by Gasteiger charge is 2.22. The third-order valence-electron chi connectivity index (χ3n) is 4.97. The average molecular weight is 405 g/mol. The van der Waals surface area contributed by atoms with Crippen LogP contribution in [0.5, 0.6) is 17.2 Å². The van der Waals surface area contributed by atoms with Crippen LogP contribution < -0.4 is 14.9 Å². The Kier molecular flexibility index (Phi) is 3.95. The van der Waals surface area contributed by atoms with Crippen LogP contribution in [-0.2, 0) is 0 Å². The van der Waals surface area contributed by atoms with E-state index < -0.39 is 11.2 Å². The molecule has 0 saturated heterocycles. The van der Waals surface area contributed by atoms with Crippen LogP contribution in [0.25, 0.3) is 44.2 Å². The van der Waals surface area contributed by atoms with Crippen molar-refractivity contribution in [2.45, 2.75) is 20.0 Å². The molecule has 0 spiro atoms. The number of aromatic hydroxyl groups is 1. The number of fused-ring (bicyclic) bond motifs is 4. The number of hydrogen-bond acceptors (Lipinski definition) is 6. The lowest BCUT2D eigenvalue weighted by atomic mass is 10.0. The van der Waals surface area contributed by atoms with Crippen molar-refractivity contribution in [2.75, 3.05) is 7.11 Å². The van der Waals surface area contributed by atoms with Gasteiger partial charge >= 0.3 is 0 Å². The summed E-state index contributed by atoms with van der Waals surface area (Å²) in [5.74, 6) is 0.793. The molecule has 0 fully saturated rings. The number of phenolic OH excluding ortho intramolecular Hbond substituents is 1. The average Bonchev–Trinajstić information content (AvgIpc) is 3.33. The second-order valence-corrected chi connectivity index (χ2v) is 7.26. The van der Waals surface area contributed by atoms with Gasteiger partial charge in [-0.3, -0.25) is 9.89 Å². The molecule has 0 bridgehead atoms. The molecule has 0 atom stereocenters. The van der Waals surface area contributed by atoms with E-state index in [2.05, 4.69) is 15.2 Å². The quantitative estimate of drug-likeness (QED) is 0.410. The Hall–Kier alpha value is -3.94. The van der Waals surface area contributed by atoms with Crippen LogP contribution in [0.3, 0.4) is 0 Å². The molecular formula is C22H19N3O5. The molecule has 0 aliphatic heterocycles. The zero-order valence-corrected chi connectivity index (χ0v) is 16.6. The Morgan fingerprint density at radius 2 is 1.93 bits per heavy atom. The van der Waals surface area contributed by atoms with Gasteiger partial charge in [0.25, 0.3) is 0 Å². The fourth-order valence-corrected chi connectivity index (χ4v) is 3.68. The topological polar surface area (TPSA) is 113 Å². The molecule has 0 saturated carbocycles. The fraction of sp³-hybridized carbons (Fsp3) is 0.182. The summed E-state index contributed by atoms with van der Waals surface area (Å²) in [6.07, 6.45) is 1.79. The number of phenols is 1. The van der Waals surface area contributed by atoms with Crippen molar-refractivity contribution in [3.63, 3.8) is 0 Å². The van der Waals surface area contributed by atoms with Gasteiger partial charge < -0.3 is 24.1 Å². The minimum Gasteiger partial charge on any atom is -0.502 e. The van der Waals surface area contributed by atoms with Gasteiger partial charge in [0.2, 0.25) is 11.2 Å². The second kappa shape index (κ2) is 6.55. The molecule has 2 aromatic carbocycles. The number of hydrogen-bond donors (Lipinski definition) is 3. The van der Waals surface area contributed by atoms with Gasteiger partial charge in [0, 0.05) is 17.1 Å². The Labute approximate surface area is 170 Å². The van der Waals surface area contributed by atoms with Gasteiger partial charge in [0.05, 0.1) is 18.6 Å². The Bertz CT molecular complexity index is 1480. The molecule has 3 N–H and O–H groups in total. The van der Waals surface area contributed by atoms with E-state index in [1.807, 2.05) is 32.0 Å². The number of nitrogens with one attached hydrogen (secondary N) is 2. The number of H-pyrrole nitrogens is 2. The van der Waals surface area contributed by atoms with Crippen molar-refractivity contribution >= 4 is 33.1 Å². The zero-order valence-electron chi connectivity index (χ0n) is 16.6. The molecule has 5 aromatic rings. The number of methoxy groups -OCH3 is 1. The lowest BCUT2D eigenvalue weighted by molar-refractivity contribution is 0.230. The van der Waals surface area contributed by atoms with E-state index in [9.17, 15) is 9.90 Å². The molecule has 8 heteroatoms. The van der Waals surface area contributed by atoms with E-state index in [1.54, 1.807) is 19.4 Å². The largest absolute Gasteiger partial charge is 0.502 e. The minimum absolute atomic E-state index is 0.00278. The number of ether oxygens (including phenoxy) is 2. The van der Waals surface area contributed by atoms with Crippen LogP contribution in [0, 0.1) is 0 Å². The molecule has 3 aromatic heterocycles. The lowest BCUT2D eigenvalue weighted by Crippen LogP contribution is -2.06. The van der Waals surface area contributed by atoms with Crippen LogP contribution in [0.1, 0.15) is 13.8 Å². The number of nitrogens with zero attached hydrogens (tertiary/aromatic N) is 1. The van der Waals surface area contributed by atoms with E-state index in [4.69, 9.17) is 13.9 Å². The summed E-state index contributed by atoms with van der Waals surface area (Å²) in [6, 6.07) is 8.54. The van der Waals surface area contributed by atoms with E-state index in [1.165, 1.54) is 6.07 Å². The number of pyridine rings is 1. The van der Waals surface area contributed by atoms with Gasteiger partial charge in [-0.2, -0.15) is 0 Å². The first-order valence-corrected chi connectivity index (χ1v) is 9.47. The van der Waals surface area contributed by atoms with E-state index in [0.717, 1.165) is 16.5 Å². The summed E-state index contributed by atoms with van der Waals surface area (Å²) in [5, 5.41) is 17.6. The normalized spacial score (nSPS) is 11.7. The third-order valence-corrected chi connectivity index (χ3v) is 4.97. The number of aromatic amines is 2. The SMILES string of the molecule is COc1cc(-c2c3c[nH][nH]c3nc3c2oc2c(O)c(=O)ccc23)ccc1OC(C)C. The molecule has 0 unspecified atom stereocenters. The van der Waals surface area contributed by atoms with Gasteiger partial charge in [-0.15, -0.1) is 0 Å². The molecule has 0 aliphatic carbocycles. The molecule has 0 radical (unpaired) electrons. The summed E-state index contributed by atoms with van der Waals surface area (Å²) in [7, 11) is 1.59. The number of furan rings is 1. The Morgan fingerprint density at radius 1 is 1.10 bits per heavy atom. The fourth-order valence-electron chi connectivity index (χ4n) is 3.68. The van der Waals surface area contributed by atoms with Crippen LogP contribution in [-0.4, -0.2) is 33.5 Å². The number of benzene rings is 2. The van der Waals surface area contributed by atoms with Crippen LogP contribution in [0.2, 0.25) is 0 Å². The van der Waals surface area contributed by atoms with E-state index >= 15 is 0 Å². The summed E-state index contributed by atoms with van der Waals surface area (Å²) < 4.78 is 17.3. The summed E-state index contributed by atoms with van der Waals surface area (Å²) in [4.78, 5) is 16.5. The predicted molar refractivity (Wildman–Crippen MR) is 113 cm³/mol. The molecule has 152 valence electrons. The van der Waals surface area contributed by atoms with E-state index in [0.29, 0.717) is 33.6 Å². The lowest BCUT2D eigenvalue weighted by Gasteiger charge is -2.15. The maximum absolute atomic E-state index is 11.9. The summed E-state index contributed by atoms with van der Waals surface area (Å²) in [5.41, 5.74) is 2.81. The monoisotopic (exact) mass is 405 g/mol. The van der Waals surface area contributed by atoms with E-state index in [-0.39, 0.29) is 11.7 Å². The highest BCUT2D eigenvalue weighted by atomic mass is 16.5. The predicted octanol–water partition coefficient (Wildman–Crippen LogP) is 4.32. The molecule has 8 nitrogen and oxygen atoms in total. The zero-order chi connectivity index (χ0) is 21.0. The molecular weight excluding hydrogens is 386 g/mol. The molecule has 0 aliphatic rings. The Morgan fingerprint density at radius 3 is 2.70 bits per heavy atom. The molecule has 3 heterocycles. The smallest absolute Gasteiger partial charge is 0.224 e. The Balaban J connectivity index is 1.86. The maximum atomic E-state index is 11.9. The second-order valence-electron chi connectivity index (χ2n) is 7.26. The summed E-state index contributed by atoms with van der Waals surface area (Å²) >= 11 is 0. The summed E-state index contributed by atoms with van der Waals surface area (Å²) in [6.45, 7) is 3.90. The molecule has 0 amide bonds. The van der Waals surface area contributed by atoms with Gasteiger partial charge in [0.15, 0.2) is 28.3 Å². The van der Waals surface area contributed by atoms with Gasteiger partial charge in [0.1, 0.15) is 5.52 Å². The first kappa shape index (κ1) is 18.1. The highest BCUT2D eigenvalue weighted by Crippen LogP contribution is 2.42. The van der Waals surface area contributed by atoms with Crippen LogP contribution >= 0.6 is 0 Å². The number of aromatic nitrogens is 3. The minimum atomic E-state index is -0.501.